The van der Waals surface area contributed by atoms with Crippen molar-refractivity contribution in [3.63, 3.8) is 0 Å². The number of rotatable bonds is 9. The van der Waals surface area contributed by atoms with Crippen LogP contribution in [0, 0.1) is 0 Å². The Kier molecular flexibility index (Phi) is 8.18. The van der Waals surface area contributed by atoms with Crippen LogP contribution >= 0.6 is 11.3 Å². The predicted molar refractivity (Wildman–Crippen MR) is 131 cm³/mol. The van der Waals surface area contributed by atoms with Gasteiger partial charge in [-0.25, -0.2) is 9.98 Å². The molecule has 0 aliphatic carbocycles. The molecule has 7 heteroatoms. The van der Waals surface area contributed by atoms with Gasteiger partial charge in [0.05, 0.1) is 12.2 Å². The van der Waals surface area contributed by atoms with E-state index in [1.165, 1.54) is 60.7 Å². The number of hydrogen-bond donors (Lipinski definition) is 2. The average molecular weight is 441 g/mol. The van der Waals surface area contributed by atoms with Gasteiger partial charge in [0, 0.05) is 44.5 Å². The highest BCUT2D eigenvalue weighted by molar-refractivity contribution is 7.13. The van der Waals surface area contributed by atoms with Crippen LogP contribution < -0.4 is 15.5 Å². The largest absolute Gasteiger partial charge is 0.357 e. The van der Waals surface area contributed by atoms with Crippen LogP contribution in [-0.4, -0.2) is 55.1 Å². The first kappa shape index (κ1) is 22.1. The van der Waals surface area contributed by atoms with Crippen LogP contribution in [0.2, 0.25) is 0 Å². The third-order valence-corrected chi connectivity index (χ3v) is 6.93. The van der Waals surface area contributed by atoms with Crippen molar-refractivity contribution in [3.8, 4) is 0 Å². The van der Waals surface area contributed by atoms with E-state index in [4.69, 9.17) is 9.98 Å². The van der Waals surface area contributed by atoms with Gasteiger partial charge in [0.25, 0.3) is 0 Å². The highest BCUT2D eigenvalue weighted by atomic mass is 32.1. The third-order valence-electron chi connectivity index (χ3n) is 5.98. The molecule has 2 fully saturated rings. The lowest BCUT2D eigenvalue weighted by Gasteiger charge is -2.14. The Hall–Kier alpha value is -2.12. The fourth-order valence-corrected chi connectivity index (χ4v) is 5.15. The lowest BCUT2D eigenvalue weighted by molar-refractivity contribution is 0.331. The summed E-state index contributed by atoms with van der Waals surface area (Å²) in [4.78, 5) is 14.5. The molecule has 1 aromatic carbocycles. The van der Waals surface area contributed by atoms with E-state index >= 15 is 0 Å². The Morgan fingerprint density at radius 2 is 1.71 bits per heavy atom. The van der Waals surface area contributed by atoms with Crippen molar-refractivity contribution in [2.45, 2.75) is 52.1 Å². The molecule has 2 saturated heterocycles. The highest BCUT2D eigenvalue weighted by Crippen LogP contribution is 2.24. The summed E-state index contributed by atoms with van der Waals surface area (Å²) in [5.41, 5.74) is 3.82. The summed E-state index contributed by atoms with van der Waals surface area (Å²) >= 11 is 1.77. The smallest absolute Gasteiger partial charge is 0.191 e. The molecule has 4 rings (SSSR count). The molecule has 2 aliphatic rings. The Morgan fingerprint density at radius 1 is 1.00 bits per heavy atom. The van der Waals surface area contributed by atoms with Crippen molar-refractivity contribution in [1.82, 2.24) is 20.5 Å². The maximum Gasteiger partial charge on any atom is 0.191 e. The normalized spacial score (nSPS) is 17.5. The molecule has 3 heterocycles. The second kappa shape index (κ2) is 11.5. The Balaban J connectivity index is 1.24. The van der Waals surface area contributed by atoms with Crippen LogP contribution in [-0.2, 0) is 19.5 Å². The third kappa shape index (κ3) is 6.68. The summed E-state index contributed by atoms with van der Waals surface area (Å²) in [7, 11) is 0. The minimum Gasteiger partial charge on any atom is -0.357 e. The maximum absolute atomic E-state index is 4.81. The SMILES string of the molecule is CCNC(=NCc1ccc(CN2CCCC2)cc1)NCCc1csc(N2CCCC2)n1. The van der Waals surface area contributed by atoms with Crippen molar-refractivity contribution in [2.24, 2.45) is 4.99 Å². The summed E-state index contributed by atoms with van der Waals surface area (Å²) in [5, 5.41) is 10.2. The van der Waals surface area contributed by atoms with E-state index in [0.29, 0.717) is 6.54 Å². The van der Waals surface area contributed by atoms with Gasteiger partial charge in [0.1, 0.15) is 0 Å². The molecular weight excluding hydrogens is 404 g/mol. The van der Waals surface area contributed by atoms with Crippen LogP contribution in [0.4, 0.5) is 5.13 Å². The molecule has 6 nitrogen and oxygen atoms in total. The van der Waals surface area contributed by atoms with E-state index in [-0.39, 0.29) is 0 Å². The van der Waals surface area contributed by atoms with E-state index in [1.54, 1.807) is 11.3 Å². The summed E-state index contributed by atoms with van der Waals surface area (Å²) in [6, 6.07) is 8.94. The zero-order chi connectivity index (χ0) is 21.3. The van der Waals surface area contributed by atoms with E-state index < -0.39 is 0 Å². The molecule has 0 saturated carbocycles. The van der Waals surface area contributed by atoms with Crippen LogP contribution in [0.25, 0.3) is 0 Å². The van der Waals surface area contributed by atoms with Crippen LogP contribution in [0.3, 0.4) is 0 Å². The minimum absolute atomic E-state index is 0.690. The average Bonchev–Trinajstić information content (AvgIpc) is 3.55. The van der Waals surface area contributed by atoms with Gasteiger partial charge in [-0.05, 0) is 56.8 Å². The molecule has 0 unspecified atom stereocenters. The molecule has 0 radical (unpaired) electrons. The molecule has 0 atom stereocenters. The topological polar surface area (TPSA) is 55.8 Å². The Labute approximate surface area is 190 Å². The number of likely N-dealkylation sites (tertiary alicyclic amines) is 1. The first-order valence-corrected chi connectivity index (χ1v) is 12.7. The second-order valence-electron chi connectivity index (χ2n) is 8.49. The van der Waals surface area contributed by atoms with Crippen LogP contribution in [0.15, 0.2) is 34.6 Å². The molecular formula is C24H36N6S. The van der Waals surface area contributed by atoms with Gasteiger partial charge < -0.3 is 15.5 Å². The van der Waals surface area contributed by atoms with Crippen molar-refractivity contribution in [1.29, 1.82) is 0 Å². The van der Waals surface area contributed by atoms with Crippen molar-refractivity contribution in [3.05, 3.63) is 46.5 Å². The van der Waals surface area contributed by atoms with E-state index in [0.717, 1.165) is 45.1 Å². The second-order valence-corrected chi connectivity index (χ2v) is 9.32. The van der Waals surface area contributed by atoms with Crippen LogP contribution in [0.5, 0.6) is 0 Å². The number of nitrogens with zero attached hydrogens (tertiary/aromatic N) is 4. The molecule has 31 heavy (non-hydrogen) atoms. The highest BCUT2D eigenvalue weighted by Gasteiger charge is 2.15. The minimum atomic E-state index is 0.690. The lowest BCUT2D eigenvalue weighted by atomic mass is 10.1. The standard InChI is InChI=1S/C24H36N6S/c1-2-25-23(26-12-11-22-19-31-24(28-22)30-15-5-6-16-30)27-17-20-7-9-21(10-8-20)18-29-13-3-4-14-29/h7-10,19H,2-6,11-18H2,1H3,(H2,25,26,27). The van der Waals surface area contributed by atoms with Gasteiger partial charge in [-0.3, -0.25) is 4.90 Å². The number of nitrogens with one attached hydrogen (secondary N) is 2. The molecule has 168 valence electrons. The van der Waals surface area contributed by atoms with E-state index in [1.807, 2.05) is 0 Å². The molecule has 0 bridgehead atoms. The summed E-state index contributed by atoms with van der Waals surface area (Å²) in [6.45, 7) is 10.4. The number of benzene rings is 1. The lowest BCUT2D eigenvalue weighted by Crippen LogP contribution is -2.38. The zero-order valence-corrected chi connectivity index (χ0v) is 19.6. The first-order valence-electron chi connectivity index (χ1n) is 11.8. The molecule has 0 spiro atoms. The van der Waals surface area contributed by atoms with E-state index in [9.17, 15) is 0 Å². The number of hydrogen-bond acceptors (Lipinski definition) is 5. The Morgan fingerprint density at radius 3 is 2.45 bits per heavy atom. The summed E-state index contributed by atoms with van der Waals surface area (Å²) < 4.78 is 0. The summed E-state index contributed by atoms with van der Waals surface area (Å²) in [6.07, 6.45) is 6.18. The number of aliphatic imine (C=N–C) groups is 1. The number of aromatic nitrogens is 1. The quantitative estimate of drug-likeness (QED) is 0.461. The number of thiazole rings is 1. The zero-order valence-electron chi connectivity index (χ0n) is 18.8. The van der Waals surface area contributed by atoms with Gasteiger partial charge in [-0.15, -0.1) is 11.3 Å². The predicted octanol–water partition coefficient (Wildman–Crippen LogP) is 3.64. The van der Waals surface area contributed by atoms with E-state index in [2.05, 4.69) is 57.0 Å². The monoisotopic (exact) mass is 440 g/mol. The fraction of sp³-hybridized carbons (Fsp3) is 0.583. The summed E-state index contributed by atoms with van der Waals surface area (Å²) in [5.74, 6) is 0.874. The molecule has 2 aliphatic heterocycles. The van der Waals surface area contributed by atoms with Crippen molar-refractivity contribution < 1.29 is 0 Å². The number of guanidine groups is 1. The van der Waals surface area contributed by atoms with Crippen molar-refractivity contribution >= 4 is 22.4 Å². The first-order chi connectivity index (χ1) is 15.3. The van der Waals surface area contributed by atoms with Gasteiger partial charge in [0.15, 0.2) is 11.1 Å². The van der Waals surface area contributed by atoms with Gasteiger partial charge in [-0.1, -0.05) is 24.3 Å². The van der Waals surface area contributed by atoms with Crippen molar-refractivity contribution in [2.75, 3.05) is 44.2 Å². The molecule has 0 amide bonds. The van der Waals surface area contributed by atoms with Gasteiger partial charge in [0.2, 0.25) is 0 Å². The fourth-order valence-electron chi connectivity index (χ4n) is 4.23. The van der Waals surface area contributed by atoms with Crippen LogP contribution in [0.1, 0.15) is 49.4 Å². The maximum atomic E-state index is 4.81. The number of anilines is 1. The molecule has 1 aromatic heterocycles. The Bertz CT molecular complexity index is 819. The van der Waals surface area contributed by atoms with Gasteiger partial charge >= 0.3 is 0 Å². The van der Waals surface area contributed by atoms with Gasteiger partial charge in [-0.2, -0.15) is 0 Å². The molecule has 2 N–H and O–H groups in total. The molecule has 2 aromatic rings.